The van der Waals surface area contributed by atoms with Crippen molar-refractivity contribution in [2.45, 2.75) is 18.8 Å². The fraction of sp³-hybridized carbons (Fsp3) is 0.263. The molecule has 1 amide bonds. The lowest BCUT2D eigenvalue weighted by atomic mass is 10.1. The summed E-state index contributed by atoms with van der Waals surface area (Å²) in [7, 11) is 0. The van der Waals surface area contributed by atoms with Gasteiger partial charge in [0.1, 0.15) is 0 Å². The molecule has 1 aliphatic heterocycles. The lowest BCUT2D eigenvalue weighted by Gasteiger charge is -2.15. The Balaban J connectivity index is 1.40. The van der Waals surface area contributed by atoms with Crippen LogP contribution in [0.15, 0.2) is 53.3 Å². The number of benzene rings is 1. The van der Waals surface area contributed by atoms with Crippen molar-refractivity contribution in [3.8, 4) is 11.5 Å². The lowest BCUT2D eigenvalue weighted by molar-refractivity contribution is -0.127. The predicted octanol–water partition coefficient (Wildman–Crippen LogP) is 3.34. The SMILES string of the molecule is O=C1CC(c2noc(-c3ccncc3)n2)CN1CCc1ccc(Cl)cc1. The van der Waals surface area contributed by atoms with Gasteiger partial charge < -0.3 is 9.42 Å². The fourth-order valence-electron chi connectivity index (χ4n) is 3.09. The molecule has 132 valence electrons. The molecule has 0 aliphatic carbocycles. The molecule has 6 nitrogen and oxygen atoms in total. The average Bonchev–Trinajstić information content (AvgIpc) is 3.29. The van der Waals surface area contributed by atoms with Crippen LogP contribution in [0.2, 0.25) is 5.02 Å². The Morgan fingerprint density at radius 3 is 2.69 bits per heavy atom. The van der Waals surface area contributed by atoms with Gasteiger partial charge in [-0.15, -0.1) is 0 Å². The van der Waals surface area contributed by atoms with E-state index in [-0.39, 0.29) is 11.8 Å². The van der Waals surface area contributed by atoms with Crippen molar-refractivity contribution >= 4 is 17.5 Å². The Morgan fingerprint density at radius 1 is 1.15 bits per heavy atom. The van der Waals surface area contributed by atoms with Gasteiger partial charge in [-0.05, 0) is 36.2 Å². The zero-order valence-corrected chi connectivity index (χ0v) is 14.8. The number of carbonyl (C=O) groups is 1. The van der Waals surface area contributed by atoms with Crippen LogP contribution in [0.4, 0.5) is 0 Å². The quantitative estimate of drug-likeness (QED) is 0.690. The Labute approximate surface area is 155 Å². The van der Waals surface area contributed by atoms with E-state index in [1.165, 1.54) is 0 Å². The summed E-state index contributed by atoms with van der Waals surface area (Å²) >= 11 is 5.90. The molecular weight excluding hydrogens is 352 g/mol. The highest BCUT2D eigenvalue weighted by atomic mass is 35.5. The Bertz CT molecular complexity index is 895. The molecule has 0 N–H and O–H groups in total. The molecule has 1 saturated heterocycles. The summed E-state index contributed by atoms with van der Waals surface area (Å²) in [5.41, 5.74) is 1.98. The van der Waals surface area contributed by atoms with Gasteiger partial charge in [-0.2, -0.15) is 4.98 Å². The van der Waals surface area contributed by atoms with E-state index in [0.29, 0.717) is 36.2 Å². The standard InChI is InChI=1S/C19H17ClN4O2/c20-16-3-1-13(2-4-16)7-10-24-12-15(11-17(24)25)18-22-19(26-23-18)14-5-8-21-9-6-14/h1-6,8-9,15H,7,10-12H2. The second-order valence-electron chi connectivity index (χ2n) is 6.31. The first kappa shape index (κ1) is 16.7. The maximum absolute atomic E-state index is 12.3. The van der Waals surface area contributed by atoms with E-state index < -0.39 is 0 Å². The van der Waals surface area contributed by atoms with Crippen molar-refractivity contribution in [2.24, 2.45) is 0 Å². The number of aromatic nitrogens is 3. The molecule has 0 bridgehead atoms. The minimum Gasteiger partial charge on any atom is -0.342 e. The fourth-order valence-corrected chi connectivity index (χ4v) is 3.21. The lowest BCUT2D eigenvalue weighted by Crippen LogP contribution is -2.27. The number of rotatable bonds is 5. The maximum Gasteiger partial charge on any atom is 0.258 e. The minimum atomic E-state index is -0.0351. The first-order chi connectivity index (χ1) is 12.7. The first-order valence-corrected chi connectivity index (χ1v) is 8.83. The van der Waals surface area contributed by atoms with Crippen molar-refractivity contribution in [1.29, 1.82) is 0 Å². The van der Waals surface area contributed by atoms with Crippen LogP contribution in [0.5, 0.6) is 0 Å². The van der Waals surface area contributed by atoms with E-state index in [2.05, 4.69) is 15.1 Å². The average molecular weight is 369 g/mol. The molecule has 0 radical (unpaired) electrons. The van der Waals surface area contributed by atoms with E-state index in [9.17, 15) is 4.79 Å². The van der Waals surface area contributed by atoms with Gasteiger partial charge in [0.2, 0.25) is 5.91 Å². The molecule has 1 aromatic carbocycles. The summed E-state index contributed by atoms with van der Waals surface area (Å²) in [6.07, 6.45) is 4.56. The van der Waals surface area contributed by atoms with Crippen LogP contribution < -0.4 is 0 Å². The molecule has 7 heteroatoms. The van der Waals surface area contributed by atoms with Crippen LogP contribution in [-0.4, -0.2) is 39.0 Å². The Hall–Kier alpha value is -2.73. The van der Waals surface area contributed by atoms with Crippen molar-refractivity contribution in [2.75, 3.05) is 13.1 Å². The number of carbonyl (C=O) groups excluding carboxylic acids is 1. The smallest absolute Gasteiger partial charge is 0.258 e. The monoisotopic (exact) mass is 368 g/mol. The summed E-state index contributed by atoms with van der Waals surface area (Å²) in [6.45, 7) is 1.29. The highest BCUT2D eigenvalue weighted by Gasteiger charge is 2.33. The number of pyridine rings is 1. The van der Waals surface area contributed by atoms with E-state index in [1.54, 1.807) is 12.4 Å². The normalized spacial score (nSPS) is 17.0. The van der Waals surface area contributed by atoms with E-state index in [1.807, 2.05) is 41.3 Å². The third-order valence-electron chi connectivity index (χ3n) is 4.53. The minimum absolute atomic E-state index is 0.0351. The summed E-state index contributed by atoms with van der Waals surface area (Å²) in [5.74, 6) is 1.12. The molecule has 0 spiro atoms. The topological polar surface area (TPSA) is 72.1 Å². The molecule has 2 aromatic heterocycles. The number of halogens is 1. The highest BCUT2D eigenvalue weighted by molar-refractivity contribution is 6.30. The van der Waals surface area contributed by atoms with Gasteiger partial charge in [-0.25, -0.2) is 0 Å². The molecule has 4 rings (SSSR count). The van der Waals surface area contributed by atoms with Crippen LogP contribution >= 0.6 is 11.6 Å². The number of hydrogen-bond acceptors (Lipinski definition) is 5. The molecular formula is C19H17ClN4O2. The highest BCUT2D eigenvalue weighted by Crippen LogP contribution is 2.28. The van der Waals surface area contributed by atoms with E-state index in [4.69, 9.17) is 16.1 Å². The van der Waals surface area contributed by atoms with Crippen molar-refractivity contribution in [3.05, 3.63) is 65.2 Å². The molecule has 1 atom stereocenters. The first-order valence-electron chi connectivity index (χ1n) is 8.45. The van der Waals surface area contributed by atoms with Gasteiger partial charge in [0.15, 0.2) is 5.82 Å². The van der Waals surface area contributed by atoms with Crippen molar-refractivity contribution in [1.82, 2.24) is 20.0 Å². The second kappa shape index (κ2) is 7.25. The van der Waals surface area contributed by atoms with Crippen molar-refractivity contribution < 1.29 is 9.32 Å². The third kappa shape index (κ3) is 3.60. The summed E-state index contributed by atoms with van der Waals surface area (Å²) in [6, 6.07) is 11.3. The number of nitrogens with zero attached hydrogens (tertiary/aromatic N) is 4. The number of amides is 1. The molecule has 1 aliphatic rings. The molecule has 26 heavy (non-hydrogen) atoms. The van der Waals surface area contributed by atoms with E-state index in [0.717, 1.165) is 17.5 Å². The Kier molecular flexibility index (Phi) is 4.67. The van der Waals surface area contributed by atoms with Gasteiger partial charge in [0.05, 0.1) is 0 Å². The molecule has 0 saturated carbocycles. The molecule has 1 unspecified atom stereocenters. The van der Waals surface area contributed by atoms with E-state index >= 15 is 0 Å². The predicted molar refractivity (Wildman–Crippen MR) is 96.6 cm³/mol. The second-order valence-corrected chi connectivity index (χ2v) is 6.75. The van der Waals surface area contributed by atoms with Crippen LogP contribution in [0, 0.1) is 0 Å². The zero-order valence-electron chi connectivity index (χ0n) is 14.0. The van der Waals surface area contributed by atoms with Gasteiger partial charge >= 0.3 is 0 Å². The Morgan fingerprint density at radius 2 is 1.92 bits per heavy atom. The number of likely N-dealkylation sites (tertiary alicyclic amines) is 1. The van der Waals surface area contributed by atoms with Crippen LogP contribution in [0.25, 0.3) is 11.5 Å². The third-order valence-corrected chi connectivity index (χ3v) is 4.78. The van der Waals surface area contributed by atoms with Crippen LogP contribution in [-0.2, 0) is 11.2 Å². The largest absolute Gasteiger partial charge is 0.342 e. The summed E-state index contributed by atoms with van der Waals surface area (Å²) in [5, 5.41) is 4.79. The maximum atomic E-state index is 12.3. The number of hydrogen-bond donors (Lipinski definition) is 0. The van der Waals surface area contributed by atoms with Gasteiger partial charge in [0, 0.05) is 48.4 Å². The van der Waals surface area contributed by atoms with Crippen LogP contribution in [0.1, 0.15) is 23.7 Å². The molecule has 3 aromatic rings. The summed E-state index contributed by atoms with van der Waals surface area (Å²) in [4.78, 5) is 22.6. The molecule has 3 heterocycles. The zero-order chi connectivity index (χ0) is 17.9. The van der Waals surface area contributed by atoms with Gasteiger partial charge in [0.25, 0.3) is 5.89 Å². The van der Waals surface area contributed by atoms with Crippen molar-refractivity contribution in [3.63, 3.8) is 0 Å². The van der Waals surface area contributed by atoms with Gasteiger partial charge in [-0.3, -0.25) is 9.78 Å². The van der Waals surface area contributed by atoms with Gasteiger partial charge in [-0.1, -0.05) is 28.9 Å². The van der Waals surface area contributed by atoms with Crippen LogP contribution in [0.3, 0.4) is 0 Å². The summed E-state index contributed by atoms with van der Waals surface area (Å²) < 4.78 is 5.34. The molecule has 1 fully saturated rings.